The molecule has 30 heavy (non-hydrogen) atoms. The maximum Gasteiger partial charge on any atom is 0.413 e. The zero-order chi connectivity index (χ0) is 21.6. The van der Waals surface area contributed by atoms with Crippen molar-refractivity contribution in [1.82, 2.24) is 9.97 Å². The van der Waals surface area contributed by atoms with Crippen LogP contribution < -0.4 is 10.2 Å². The molecule has 0 atom stereocenters. The molecular formula is C22H28N4O4. The first-order valence-corrected chi connectivity index (χ1v) is 10.1. The van der Waals surface area contributed by atoms with Crippen LogP contribution in [0.3, 0.4) is 0 Å². The van der Waals surface area contributed by atoms with Crippen molar-refractivity contribution in [2.45, 2.75) is 45.8 Å². The van der Waals surface area contributed by atoms with Crippen LogP contribution in [0.2, 0.25) is 0 Å². The molecule has 0 saturated carbocycles. The molecule has 0 radical (unpaired) electrons. The lowest BCUT2D eigenvalue weighted by atomic mass is 9.96. The smallest absolute Gasteiger partial charge is 0.413 e. The van der Waals surface area contributed by atoms with Crippen LogP contribution in [-0.4, -0.2) is 40.7 Å². The first-order valence-electron chi connectivity index (χ1n) is 10.1. The lowest BCUT2D eigenvalue weighted by Gasteiger charge is -2.33. The van der Waals surface area contributed by atoms with Gasteiger partial charge in [0.05, 0.1) is 18.3 Å². The standard InChI is InChI=1S/C22H28N4O4/c1-22(2,3)30-20(27)17-9-11-26(12-10-17)19-14-23-18(13-24-19)25-21(28)29-15-16-7-5-4-6-8-16/h4-8,13-14,17H,9-12,15H2,1-3H3,(H,23,25,28). The number of rotatable bonds is 5. The summed E-state index contributed by atoms with van der Waals surface area (Å²) in [6.45, 7) is 7.22. The van der Waals surface area contributed by atoms with E-state index in [1.54, 1.807) is 6.20 Å². The van der Waals surface area contributed by atoms with Crippen LogP contribution in [-0.2, 0) is 20.9 Å². The van der Waals surface area contributed by atoms with E-state index in [0.717, 1.165) is 5.56 Å². The highest BCUT2D eigenvalue weighted by Gasteiger charge is 2.29. The highest BCUT2D eigenvalue weighted by atomic mass is 16.6. The highest BCUT2D eigenvalue weighted by molar-refractivity contribution is 5.83. The Labute approximate surface area is 176 Å². The monoisotopic (exact) mass is 412 g/mol. The minimum Gasteiger partial charge on any atom is -0.460 e. The van der Waals surface area contributed by atoms with Gasteiger partial charge in [-0.3, -0.25) is 10.1 Å². The second kappa shape index (κ2) is 9.56. The van der Waals surface area contributed by atoms with Gasteiger partial charge in [-0.05, 0) is 39.2 Å². The largest absolute Gasteiger partial charge is 0.460 e. The Kier molecular flexibility index (Phi) is 6.87. The third kappa shape index (κ3) is 6.43. The van der Waals surface area contributed by atoms with E-state index >= 15 is 0 Å². The highest BCUT2D eigenvalue weighted by Crippen LogP contribution is 2.24. The van der Waals surface area contributed by atoms with Gasteiger partial charge in [0.1, 0.15) is 18.0 Å². The van der Waals surface area contributed by atoms with Gasteiger partial charge in [-0.2, -0.15) is 0 Å². The molecule has 1 aliphatic heterocycles. The Bertz CT molecular complexity index is 842. The van der Waals surface area contributed by atoms with Gasteiger partial charge in [-0.25, -0.2) is 14.8 Å². The number of piperidine rings is 1. The van der Waals surface area contributed by atoms with E-state index in [2.05, 4.69) is 20.2 Å². The summed E-state index contributed by atoms with van der Waals surface area (Å²) in [5.74, 6) is 0.803. The molecular weight excluding hydrogens is 384 g/mol. The second-order valence-electron chi connectivity index (χ2n) is 8.24. The number of esters is 1. The SMILES string of the molecule is CC(C)(C)OC(=O)C1CCN(c2cnc(NC(=O)OCc3ccccc3)cn2)CC1. The zero-order valence-corrected chi connectivity index (χ0v) is 17.6. The molecule has 1 aromatic carbocycles. The summed E-state index contributed by atoms with van der Waals surface area (Å²) in [7, 11) is 0. The van der Waals surface area contributed by atoms with E-state index in [-0.39, 0.29) is 18.5 Å². The molecule has 1 N–H and O–H groups in total. The van der Waals surface area contributed by atoms with Crippen molar-refractivity contribution in [3.8, 4) is 0 Å². The molecule has 3 rings (SSSR count). The lowest BCUT2D eigenvalue weighted by Crippen LogP contribution is -2.39. The molecule has 1 aliphatic rings. The Morgan fingerprint density at radius 3 is 2.40 bits per heavy atom. The Morgan fingerprint density at radius 2 is 1.80 bits per heavy atom. The average Bonchev–Trinajstić information content (AvgIpc) is 2.72. The summed E-state index contributed by atoms with van der Waals surface area (Å²) in [5, 5.41) is 2.57. The summed E-state index contributed by atoms with van der Waals surface area (Å²) in [5.41, 5.74) is 0.439. The van der Waals surface area contributed by atoms with Crippen molar-refractivity contribution < 1.29 is 19.1 Å². The van der Waals surface area contributed by atoms with Crippen LogP contribution in [0.15, 0.2) is 42.7 Å². The number of carbonyl (C=O) groups excluding carboxylic acids is 2. The fourth-order valence-electron chi connectivity index (χ4n) is 3.14. The van der Waals surface area contributed by atoms with Gasteiger partial charge in [0.25, 0.3) is 0 Å². The van der Waals surface area contributed by atoms with E-state index in [0.29, 0.717) is 37.6 Å². The van der Waals surface area contributed by atoms with Crippen LogP contribution in [0.4, 0.5) is 16.4 Å². The minimum atomic E-state index is -0.584. The van der Waals surface area contributed by atoms with E-state index in [9.17, 15) is 9.59 Å². The summed E-state index contributed by atoms with van der Waals surface area (Å²) in [4.78, 5) is 34.8. The number of carbonyl (C=O) groups is 2. The average molecular weight is 412 g/mol. The van der Waals surface area contributed by atoms with Crippen LogP contribution in [0, 0.1) is 5.92 Å². The van der Waals surface area contributed by atoms with Gasteiger partial charge in [-0.15, -0.1) is 0 Å². The molecule has 8 nitrogen and oxygen atoms in total. The molecule has 0 unspecified atom stereocenters. The predicted molar refractivity (Wildman–Crippen MR) is 113 cm³/mol. The normalized spacial score (nSPS) is 14.8. The fraction of sp³-hybridized carbons (Fsp3) is 0.455. The van der Waals surface area contributed by atoms with Crippen molar-refractivity contribution >= 4 is 23.7 Å². The number of hydrogen-bond acceptors (Lipinski definition) is 7. The Hall–Kier alpha value is -3.16. The van der Waals surface area contributed by atoms with Gasteiger partial charge in [0, 0.05) is 13.1 Å². The lowest BCUT2D eigenvalue weighted by molar-refractivity contribution is -0.160. The molecule has 1 saturated heterocycles. The topological polar surface area (TPSA) is 93.7 Å². The van der Waals surface area contributed by atoms with Crippen LogP contribution >= 0.6 is 0 Å². The van der Waals surface area contributed by atoms with Crippen LogP contribution in [0.25, 0.3) is 0 Å². The van der Waals surface area contributed by atoms with Crippen molar-refractivity contribution in [1.29, 1.82) is 0 Å². The van der Waals surface area contributed by atoms with Crippen molar-refractivity contribution in [3.63, 3.8) is 0 Å². The molecule has 2 heterocycles. The summed E-state index contributed by atoms with van der Waals surface area (Å²) in [6, 6.07) is 9.44. The van der Waals surface area contributed by atoms with Crippen molar-refractivity contribution in [2.75, 3.05) is 23.3 Å². The zero-order valence-electron chi connectivity index (χ0n) is 17.6. The Morgan fingerprint density at radius 1 is 1.10 bits per heavy atom. The number of amides is 1. The fourth-order valence-corrected chi connectivity index (χ4v) is 3.14. The predicted octanol–water partition coefficient (Wildman–Crippen LogP) is 3.78. The van der Waals surface area contributed by atoms with Crippen molar-refractivity contribution in [2.24, 2.45) is 5.92 Å². The van der Waals surface area contributed by atoms with Gasteiger partial charge in [-0.1, -0.05) is 30.3 Å². The number of anilines is 2. The van der Waals surface area contributed by atoms with Crippen LogP contribution in [0.1, 0.15) is 39.2 Å². The molecule has 1 amide bonds. The third-order valence-corrected chi connectivity index (χ3v) is 4.64. The molecule has 0 aliphatic carbocycles. The van der Waals surface area contributed by atoms with Gasteiger partial charge >= 0.3 is 12.1 Å². The quantitative estimate of drug-likeness (QED) is 0.747. The van der Waals surface area contributed by atoms with E-state index in [1.165, 1.54) is 6.20 Å². The van der Waals surface area contributed by atoms with E-state index in [1.807, 2.05) is 51.1 Å². The number of ether oxygens (including phenoxy) is 2. The van der Waals surface area contributed by atoms with Gasteiger partial charge in [0.2, 0.25) is 0 Å². The number of nitrogens with one attached hydrogen (secondary N) is 1. The maximum atomic E-state index is 12.2. The van der Waals surface area contributed by atoms with E-state index in [4.69, 9.17) is 9.47 Å². The molecule has 160 valence electrons. The molecule has 2 aromatic rings. The summed E-state index contributed by atoms with van der Waals surface area (Å²) in [6.07, 6.45) is 3.95. The van der Waals surface area contributed by atoms with E-state index < -0.39 is 11.7 Å². The number of hydrogen-bond donors (Lipinski definition) is 1. The number of aromatic nitrogens is 2. The Balaban J connectivity index is 1.45. The molecule has 1 aromatic heterocycles. The third-order valence-electron chi connectivity index (χ3n) is 4.64. The molecule has 1 fully saturated rings. The molecule has 0 spiro atoms. The molecule has 8 heteroatoms. The van der Waals surface area contributed by atoms with Gasteiger partial charge < -0.3 is 14.4 Å². The van der Waals surface area contributed by atoms with Gasteiger partial charge in [0.15, 0.2) is 5.82 Å². The van der Waals surface area contributed by atoms with Crippen molar-refractivity contribution in [3.05, 3.63) is 48.3 Å². The minimum absolute atomic E-state index is 0.0891. The second-order valence-corrected chi connectivity index (χ2v) is 8.24. The first kappa shape index (κ1) is 21.5. The number of benzene rings is 1. The van der Waals surface area contributed by atoms with Crippen LogP contribution in [0.5, 0.6) is 0 Å². The molecule has 0 bridgehead atoms. The number of nitrogens with zero attached hydrogens (tertiary/aromatic N) is 3. The maximum absolute atomic E-state index is 12.2. The summed E-state index contributed by atoms with van der Waals surface area (Å²) < 4.78 is 10.7. The first-order chi connectivity index (χ1) is 14.3. The summed E-state index contributed by atoms with van der Waals surface area (Å²) >= 11 is 0.